The summed E-state index contributed by atoms with van der Waals surface area (Å²) in [5, 5.41) is 5.13. The van der Waals surface area contributed by atoms with Crippen molar-refractivity contribution in [3.63, 3.8) is 0 Å². The zero-order valence-electron chi connectivity index (χ0n) is 15.6. The summed E-state index contributed by atoms with van der Waals surface area (Å²) in [6.07, 6.45) is 2.49. The van der Waals surface area contributed by atoms with Crippen molar-refractivity contribution < 1.29 is 9.59 Å². The SMILES string of the molecule is CN1C(=O)c2ccccc2C(C(=O)NCCN2CCCC2)C1c1cccs1. The van der Waals surface area contributed by atoms with Crippen molar-refractivity contribution in [1.29, 1.82) is 0 Å². The predicted octanol–water partition coefficient (Wildman–Crippen LogP) is 2.87. The van der Waals surface area contributed by atoms with Crippen molar-refractivity contribution in [3.05, 3.63) is 57.8 Å². The number of hydrogen-bond acceptors (Lipinski definition) is 4. The van der Waals surface area contributed by atoms with E-state index in [0.29, 0.717) is 12.1 Å². The molecule has 0 saturated carbocycles. The third-order valence-electron chi connectivity index (χ3n) is 5.62. The number of likely N-dealkylation sites (tertiary alicyclic amines) is 1. The van der Waals surface area contributed by atoms with E-state index in [4.69, 9.17) is 0 Å². The third-order valence-corrected chi connectivity index (χ3v) is 6.57. The second-order valence-electron chi connectivity index (χ2n) is 7.28. The van der Waals surface area contributed by atoms with Gasteiger partial charge in [0, 0.05) is 30.6 Å². The van der Waals surface area contributed by atoms with Crippen molar-refractivity contribution in [2.45, 2.75) is 24.8 Å². The number of amides is 2. The van der Waals surface area contributed by atoms with Gasteiger partial charge in [-0.1, -0.05) is 24.3 Å². The molecule has 3 heterocycles. The second-order valence-corrected chi connectivity index (χ2v) is 8.26. The van der Waals surface area contributed by atoms with Crippen molar-refractivity contribution in [3.8, 4) is 0 Å². The highest BCUT2D eigenvalue weighted by Crippen LogP contribution is 2.43. The molecule has 2 aliphatic rings. The van der Waals surface area contributed by atoms with Gasteiger partial charge >= 0.3 is 0 Å². The van der Waals surface area contributed by atoms with E-state index in [9.17, 15) is 9.59 Å². The molecule has 1 saturated heterocycles. The number of likely N-dealkylation sites (N-methyl/N-ethyl adjacent to an activating group) is 1. The first-order valence-electron chi connectivity index (χ1n) is 9.56. The van der Waals surface area contributed by atoms with E-state index in [1.165, 1.54) is 12.8 Å². The van der Waals surface area contributed by atoms with Crippen LogP contribution in [0, 0.1) is 0 Å². The van der Waals surface area contributed by atoms with Crippen LogP contribution in [0.15, 0.2) is 41.8 Å². The maximum absolute atomic E-state index is 13.2. The zero-order valence-corrected chi connectivity index (χ0v) is 16.4. The summed E-state index contributed by atoms with van der Waals surface area (Å²) in [7, 11) is 1.80. The number of nitrogens with one attached hydrogen (secondary N) is 1. The number of hydrogen-bond donors (Lipinski definition) is 1. The number of rotatable bonds is 5. The van der Waals surface area contributed by atoms with E-state index in [0.717, 1.165) is 30.1 Å². The number of benzene rings is 1. The Hall–Kier alpha value is -2.18. The molecule has 0 radical (unpaired) electrons. The molecule has 6 heteroatoms. The van der Waals surface area contributed by atoms with E-state index in [1.54, 1.807) is 23.3 Å². The summed E-state index contributed by atoms with van der Waals surface area (Å²) >= 11 is 1.59. The highest BCUT2D eigenvalue weighted by Gasteiger charge is 2.42. The van der Waals surface area contributed by atoms with Crippen LogP contribution in [0.2, 0.25) is 0 Å². The second kappa shape index (κ2) is 7.82. The minimum absolute atomic E-state index is 0.000558. The molecule has 142 valence electrons. The molecule has 0 spiro atoms. The molecule has 1 aromatic heterocycles. The lowest BCUT2D eigenvalue weighted by atomic mass is 9.82. The van der Waals surface area contributed by atoms with Gasteiger partial charge in [-0.05, 0) is 49.0 Å². The Labute approximate surface area is 164 Å². The fourth-order valence-electron chi connectivity index (χ4n) is 4.23. The monoisotopic (exact) mass is 383 g/mol. The van der Waals surface area contributed by atoms with E-state index < -0.39 is 0 Å². The van der Waals surface area contributed by atoms with Gasteiger partial charge in [0.25, 0.3) is 5.91 Å². The average molecular weight is 384 g/mol. The summed E-state index contributed by atoms with van der Waals surface area (Å²) in [5.74, 6) is -0.411. The Bertz CT molecular complexity index is 815. The molecule has 1 fully saturated rings. The van der Waals surface area contributed by atoms with Crippen molar-refractivity contribution in [2.75, 3.05) is 33.2 Å². The minimum atomic E-state index is -0.388. The van der Waals surface area contributed by atoms with E-state index in [1.807, 2.05) is 41.8 Å². The lowest BCUT2D eigenvalue weighted by molar-refractivity contribution is -0.124. The van der Waals surface area contributed by atoms with Crippen molar-refractivity contribution in [1.82, 2.24) is 15.1 Å². The third kappa shape index (κ3) is 3.51. The largest absolute Gasteiger partial charge is 0.354 e. The Kier molecular flexibility index (Phi) is 5.27. The van der Waals surface area contributed by atoms with Crippen LogP contribution in [0.25, 0.3) is 0 Å². The summed E-state index contributed by atoms with van der Waals surface area (Å²) in [6.45, 7) is 3.78. The number of nitrogens with zero attached hydrogens (tertiary/aromatic N) is 2. The van der Waals surface area contributed by atoms with Gasteiger partial charge in [-0.15, -0.1) is 11.3 Å². The molecule has 2 unspecified atom stereocenters. The van der Waals surface area contributed by atoms with E-state index >= 15 is 0 Å². The van der Waals surface area contributed by atoms with Gasteiger partial charge < -0.3 is 15.1 Å². The summed E-state index contributed by atoms with van der Waals surface area (Å²) < 4.78 is 0. The van der Waals surface area contributed by atoms with Gasteiger partial charge in [-0.25, -0.2) is 0 Å². The molecule has 2 atom stereocenters. The molecule has 2 aromatic rings. The Morgan fingerprint density at radius 2 is 1.96 bits per heavy atom. The molecule has 0 aliphatic carbocycles. The molecular formula is C21H25N3O2S. The van der Waals surface area contributed by atoms with Gasteiger partial charge in [0.15, 0.2) is 0 Å². The minimum Gasteiger partial charge on any atom is -0.354 e. The lowest BCUT2D eigenvalue weighted by Crippen LogP contribution is -2.46. The summed E-state index contributed by atoms with van der Waals surface area (Å²) in [5.41, 5.74) is 1.46. The topological polar surface area (TPSA) is 52.7 Å². The first-order valence-corrected chi connectivity index (χ1v) is 10.4. The van der Waals surface area contributed by atoms with Gasteiger partial charge in [0.2, 0.25) is 5.91 Å². The van der Waals surface area contributed by atoms with Gasteiger partial charge in [0.05, 0.1) is 12.0 Å². The van der Waals surface area contributed by atoms with E-state index in [-0.39, 0.29) is 23.8 Å². The molecule has 27 heavy (non-hydrogen) atoms. The number of thiophene rings is 1. The van der Waals surface area contributed by atoms with Crippen molar-refractivity contribution in [2.24, 2.45) is 0 Å². The smallest absolute Gasteiger partial charge is 0.254 e. The Balaban J connectivity index is 1.60. The van der Waals surface area contributed by atoms with Crippen molar-refractivity contribution >= 4 is 23.2 Å². The molecule has 1 aromatic carbocycles. The first-order chi connectivity index (χ1) is 13.2. The molecule has 0 bridgehead atoms. The van der Waals surface area contributed by atoms with Crippen LogP contribution in [0.5, 0.6) is 0 Å². The number of carbonyl (C=O) groups is 2. The van der Waals surface area contributed by atoms with Crippen LogP contribution >= 0.6 is 11.3 Å². The maximum Gasteiger partial charge on any atom is 0.254 e. The summed E-state index contributed by atoms with van der Waals surface area (Å²) in [6, 6.07) is 11.2. The van der Waals surface area contributed by atoms with Gasteiger partial charge in [-0.3, -0.25) is 9.59 Å². The van der Waals surface area contributed by atoms with Crippen LogP contribution in [-0.2, 0) is 4.79 Å². The lowest BCUT2D eigenvalue weighted by Gasteiger charge is -2.39. The normalized spacial score (nSPS) is 22.7. The Morgan fingerprint density at radius 1 is 1.19 bits per heavy atom. The van der Waals surface area contributed by atoms with Gasteiger partial charge in [-0.2, -0.15) is 0 Å². The van der Waals surface area contributed by atoms with Crippen LogP contribution in [-0.4, -0.2) is 54.8 Å². The van der Waals surface area contributed by atoms with Crippen LogP contribution < -0.4 is 5.32 Å². The summed E-state index contributed by atoms with van der Waals surface area (Å²) in [4.78, 5) is 31.3. The zero-order chi connectivity index (χ0) is 18.8. The highest BCUT2D eigenvalue weighted by molar-refractivity contribution is 7.10. The fourth-order valence-corrected chi connectivity index (χ4v) is 5.13. The molecule has 2 amide bonds. The quantitative estimate of drug-likeness (QED) is 0.864. The number of carbonyl (C=O) groups excluding carboxylic acids is 2. The van der Waals surface area contributed by atoms with Crippen LogP contribution in [0.4, 0.5) is 0 Å². The first kappa shape index (κ1) is 18.2. The van der Waals surface area contributed by atoms with Crippen LogP contribution in [0.3, 0.4) is 0 Å². The highest BCUT2D eigenvalue weighted by atomic mass is 32.1. The fraction of sp³-hybridized carbons (Fsp3) is 0.429. The predicted molar refractivity (Wildman–Crippen MR) is 107 cm³/mol. The van der Waals surface area contributed by atoms with Crippen LogP contribution in [0.1, 0.15) is 45.6 Å². The maximum atomic E-state index is 13.2. The standard InChI is InChI=1S/C21H25N3O2S/c1-23-19(17-9-6-14-27-17)18(15-7-2-3-8-16(15)21(23)26)20(25)22-10-13-24-11-4-5-12-24/h2-3,6-9,14,18-19H,4-5,10-13H2,1H3,(H,22,25). The Morgan fingerprint density at radius 3 is 2.70 bits per heavy atom. The molecule has 2 aliphatic heterocycles. The molecule has 5 nitrogen and oxygen atoms in total. The van der Waals surface area contributed by atoms with E-state index in [2.05, 4.69) is 10.2 Å². The van der Waals surface area contributed by atoms with Gasteiger partial charge in [0.1, 0.15) is 0 Å². The molecule has 4 rings (SSSR count). The average Bonchev–Trinajstić information content (AvgIpc) is 3.38. The molecular weight excluding hydrogens is 358 g/mol. The number of fused-ring (bicyclic) bond motifs is 1. The molecule has 1 N–H and O–H groups in total.